The molecule has 0 unspecified atom stereocenters. The molecule has 0 amide bonds. The first kappa shape index (κ1) is 23.3. The standard InChI is InChI=1S/C27H29ClFN3O/c1-3-14-32(18-19-5-8-21(29)9-6-19)15-4-13-30-27-23-11-7-20(28)16-26(23)31-25-12-10-22(33-2)17-24(25)27/h5-12,16-17H,3-4,13-15,18H2,1-2H3,(H,30,31). The molecule has 0 aliphatic heterocycles. The topological polar surface area (TPSA) is 37.4 Å². The molecular formula is C27H29ClFN3O. The van der Waals surface area contributed by atoms with Crippen molar-refractivity contribution in [1.29, 1.82) is 0 Å². The smallest absolute Gasteiger partial charge is 0.123 e. The van der Waals surface area contributed by atoms with Crippen LogP contribution in [0.25, 0.3) is 21.8 Å². The average Bonchev–Trinajstić information content (AvgIpc) is 2.82. The molecule has 4 aromatic rings. The van der Waals surface area contributed by atoms with Crippen LogP contribution in [0.2, 0.25) is 5.02 Å². The van der Waals surface area contributed by atoms with Crippen molar-refractivity contribution < 1.29 is 9.13 Å². The third-order valence-electron chi connectivity index (χ3n) is 5.76. The number of halogens is 2. The Morgan fingerprint density at radius 2 is 1.79 bits per heavy atom. The minimum Gasteiger partial charge on any atom is -0.497 e. The van der Waals surface area contributed by atoms with Gasteiger partial charge in [-0.05, 0) is 73.5 Å². The summed E-state index contributed by atoms with van der Waals surface area (Å²) in [6.07, 6.45) is 2.05. The highest BCUT2D eigenvalue weighted by Crippen LogP contribution is 2.34. The number of hydrogen-bond donors (Lipinski definition) is 1. The summed E-state index contributed by atoms with van der Waals surface area (Å²) in [5.41, 5.74) is 3.95. The molecule has 0 saturated carbocycles. The zero-order valence-electron chi connectivity index (χ0n) is 19.1. The number of methoxy groups -OCH3 is 1. The highest BCUT2D eigenvalue weighted by Gasteiger charge is 2.11. The third kappa shape index (κ3) is 5.73. The summed E-state index contributed by atoms with van der Waals surface area (Å²) >= 11 is 6.23. The van der Waals surface area contributed by atoms with Crippen LogP contribution in [0.3, 0.4) is 0 Å². The molecule has 0 radical (unpaired) electrons. The van der Waals surface area contributed by atoms with Gasteiger partial charge in [0.1, 0.15) is 11.6 Å². The van der Waals surface area contributed by atoms with E-state index < -0.39 is 0 Å². The first-order valence-electron chi connectivity index (χ1n) is 11.3. The van der Waals surface area contributed by atoms with Crippen molar-refractivity contribution in [1.82, 2.24) is 9.88 Å². The average molecular weight is 466 g/mol. The largest absolute Gasteiger partial charge is 0.497 e. The monoisotopic (exact) mass is 465 g/mol. The fourth-order valence-corrected chi connectivity index (χ4v) is 4.33. The molecule has 1 aromatic heterocycles. The summed E-state index contributed by atoms with van der Waals surface area (Å²) in [6.45, 7) is 5.79. The number of aromatic nitrogens is 1. The Morgan fingerprint density at radius 3 is 2.55 bits per heavy atom. The van der Waals surface area contributed by atoms with Crippen molar-refractivity contribution in [2.45, 2.75) is 26.3 Å². The van der Waals surface area contributed by atoms with Crippen molar-refractivity contribution in [3.8, 4) is 5.75 Å². The number of benzene rings is 3. The van der Waals surface area contributed by atoms with Gasteiger partial charge in [0.15, 0.2) is 0 Å². The number of ether oxygens (including phenoxy) is 1. The Hall–Kier alpha value is -2.89. The Kier molecular flexibility index (Phi) is 7.63. The van der Waals surface area contributed by atoms with Crippen LogP contribution in [0.1, 0.15) is 25.3 Å². The molecule has 4 rings (SSSR count). The van der Waals surface area contributed by atoms with Crippen LogP contribution < -0.4 is 10.1 Å². The lowest BCUT2D eigenvalue weighted by molar-refractivity contribution is 0.265. The summed E-state index contributed by atoms with van der Waals surface area (Å²) in [6, 6.07) is 18.5. The molecule has 1 heterocycles. The van der Waals surface area contributed by atoms with Crippen LogP contribution in [0.4, 0.5) is 10.1 Å². The molecule has 0 aliphatic carbocycles. The zero-order chi connectivity index (χ0) is 23.2. The summed E-state index contributed by atoms with van der Waals surface area (Å²) in [4.78, 5) is 7.21. The lowest BCUT2D eigenvalue weighted by Gasteiger charge is -2.22. The van der Waals surface area contributed by atoms with Gasteiger partial charge in [0.25, 0.3) is 0 Å². The van der Waals surface area contributed by atoms with Gasteiger partial charge in [0.05, 0.1) is 23.8 Å². The molecule has 6 heteroatoms. The van der Waals surface area contributed by atoms with Crippen molar-refractivity contribution in [2.24, 2.45) is 0 Å². The van der Waals surface area contributed by atoms with E-state index in [0.717, 1.165) is 77.8 Å². The van der Waals surface area contributed by atoms with Crippen LogP contribution in [0, 0.1) is 5.82 Å². The second-order valence-corrected chi connectivity index (χ2v) is 8.65. The molecule has 33 heavy (non-hydrogen) atoms. The van der Waals surface area contributed by atoms with E-state index in [0.29, 0.717) is 5.02 Å². The van der Waals surface area contributed by atoms with E-state index in [4.69, 9.17) is 21.3 Å². The fraction of sp³-hybridized carbons (Fsp3) is 0.296. The molecule has 0 saturated heterocycles. The van der Waals surface area contributed by atoms with Gasteiger partial charge in [-0.1, -0.05) is 30.7 Å². The van der Waals surface area contributed by atoms with E-state index in [2.05, 4.69) is 17.1 Å². The Labute approximate surface area is 199 Å². The van der Waals surface area contributed by atoms with E-state index in [1.165, 1.54) is 12.1 Å². The zero-order valence-corrected chi connectivity index (χ0v) is 19.8. The normalized spacial score (nSPS) is 11.4. The molecule has 0 spiro atoms. The van der Waals surface area contributed by atoms with Crippen molar-refractivity contribution in [2.75, 3.05) is 32.1 Å². The summed E-state index contributed by atoms with van der Waals surface area (Å²) < 4.78 is 18.7. The van der Waals surface area contributed by atoms with Gasteiger partial charge < -0.3 is 10.1 Å². The maximum absolute atomic E-state index is 13.2. The second-order valence-electron chi connectivity index (χ2n) is 8.21. The second kappa shape index (κ2) is 10.8. The maximum Gasteiger partial charge on any atom is 0.123 e. The molecule has 3 aromatic carbocycles. The van der Waals surface area contributed by atoms with Gasteiger partial charge in [0, 0.05) is 35.4 Å². The number of nitrogens with zero attached hydrogens (tertiary/aromatic N) is 2. The number of pyridine rings is 1. The van der Waals surface area contributed by atoms with Gasteiger partial charge in [-0.15, -0.1) is 0 Å². The first-order chi connectivity index (χ1) is 16.1. The van der Waals surface area contributed by atoms with Crippen molar-refractivity contribution in [3.63, 3.8) is 0 Å². The van der Waals surface area contributed by atoms with E-state index >= 15 is 0 Å². The van der Waals surface area contributed by atoms with E-state index in [1.807, 2.05) is 48.5 Å². The third-order valence-corrected chi connectivity index (χ3v) is 5.99. The predicted octanol–water partition coefficient (Wildman–Crippen LogP) is 6.90. The van der Waals surface area contributed by atoms with Gasteiger partial charge in [-0.2, -0.15) is 0 Å². The Morgan fingerprint density at radius 1 is 0.970 bits per heavy atom. The van der Waals surface area contributed by atoms with E-state index in [-0.39, 0.29) is 5.82 Å². The first-order valence-corrected chi connectivity index (χ1v) is 11.7. The molecule has 0 fully saturated rings. The minimum absolute atomic E-state index is 0.195. The molecule has 0 atom stereocenters. The number of hydrogen-bond acceptors (Lipinski definition) is 4. The molecule has 1 N–H and O–H groups in total. The van der Waals surface area contributed by atoms with Crippen LogP contribution in [-0.2, 0) is 6.54 Å². The van der Waals surface area contributed by atoms with E-state index in [1.54, 1.807) is 7.11 Å². The highest BCUT2D eigenvalue weighted by atomic mass is 35.5. The number of rotatable bonds is 10. The van der Waals surface area contributed by atoms with Crippen molar-refractivity contribution in [3.05, 3.63) is 77.1 Å². The van der Waals surface area contributed by atoms with Gasteiger partial charge in [-0.25, -0.2) is 9.37 Å². The summed E-state index contributed by atoms with van der Waals surface area (Å²) in [5, 5.41) is 6.39. The fourth-order valence-electron chi connectivity index (χ4n) is 4.16. The molecule has 0 aliphatic rings. The highest BCUT2D eigenvalue weighted by molar-refractivity contribution is 6.31. The van der Waals surface area contributed by atoms with E-state index in [9.17, 15) is 4.39 Å². The number of anilines is 1. The van der Waals surface area contributed by atoms with Crippen LogP contribution in [0.15, 0.2) is 60.7 Å². The quantitative estimate of drug-likeness (QED) is 0.204. The predicted molar refractivity (Wildman–Crippen MR) is 136 cm³/mol. The minimum atomic E-state index is -0.195. The van der Waals surface area contributed by atoms with Crippen molar-refractivity contribution >= 4 is 39.1 Å². The molecule has 0 bridgehead atoms. The lowest BCUT2D eigenvalue weighted by atomic mass is 10.1. The molecular weight excluding hydrogens is 437 g/mol. The SMILES string of the molecule is CCCN(CCCNc1c2ccc(Cl)cc2nc2ccc(OC)cc12)Cc1ccc(F)cc1. The van der Waals surface area contributed by atoms with Crippen LogP contribution in [0.5, 0.6) is 5.75 Å². The van der Waals surface area contributed by atoms with Gasteiger partial charge >= 0.3 is 0 Å². The number of nitrogens with one attached hydrogen (secondary N) is 1. The summed E-state index contributed by atoms with van der Waals surface area (Å²) in [5.74, 6) is 0.605. The maximum atomic E-state index is 13.2. The van der Waals surface area contributed by atoms with Gasteiger partial charge in [0.2, 0.25) is 0 Å². The lowest BCUT2D eigenvalue weighted by Crippen LogP contribution is -2.26. The molecule has 172 valence electrons. The molecule has 4 nitrogen and oxygen atoms in total. The number of fused-ring (bicyclic) bond motifs is 2. The Balaban J connectivity index is 1.50. The van der Waals surface area contributed by atoms with Gasteiger partial charge in [-0.3, -0.25) is 4.90 Å². The van der Waals surface area contributed by atoms with Crippen LogP contribution in [-0.4, -0.2) is 36.6 Å². The Bertz CT molecular complexity index is 1230. The van der Waals surface area contributed by atoms with Crippen LogP contribution >= 0.6 is 11.6 Å². The summed E-state index contributed by atoms with van der Waals surface area (Å²) in [7, 11) is 1.67.